The van der Waals surface area contributed by atoms with Gasteiger partial charge < -0.3 is 14.8 Å². The quantitative estimate of drug-likeness (QED) is 0.491. The number of H-pyrrole nitrogens is 1. The number of hydrogen-bond acceptors (Lipinski definition) is 5. The van der Waals surface area contributed by atoms with E-state index in [2.05, 4.69) is 9.97 Å². The van der Waals surface area contributed by atoms with Gasteiger partial charge in [-0.3, -0.25) is 4.79 Å². The van der Waals surface area contributed by atoms with Gasteiger partial charge >= 0.3 is 5.97 Å². The van der Waals surface area contributed by atoms with Crippen LogP contribution in [0.3, 0.4) is 0 Å². The molecule has 7 heteroatoms. The van der Waals surface area contributed by atoms with Crippen LogP contribution in [0.15, 0.2) is 70.6 Å². The van der Waals surface area contributed by atoms with Gasteiger partial charge in [-0.1, -0.05) is 42.1 Å². The van der Waals surface area contributed by atoms with Crippen LogP contribution in [0.4, 0.5) is 0 Å². The molecule has 0 amide bonds. The van der Waals surface area contributed by atoms with Gasteiger partial charge in [0.2, 0.25) is 0 Å². The van der Waals surface area contributed by atoms with Crippen LogP contribution in [-0.2, 0) is 12.4 Å². The number of aromatic nitrogens is 2. The maximum Gasteiger partial charge on any atom is 0.335 e. The Morgan fingerprint density at radius 1 is 1.12 bits per heavy atom. The number of carboxylic acid groups (broad SMARTS) is 1. The summed E-state index contributed by atoms with van der Waals surface area (Å²) in [6, 6.07) is 17.4. The van der Waals surface area contributed by atoms with Crippen molar-refractivity contribution in [1.82, 2.24) is 9.97 Å². The second kappa shape index (κ2) is 8.35. The SMILES string of the molecule is O=C(O)c1cccc(CSc2nc(COc3ccccc3)cc(=O)[nH]2)c1. The van der Waals surface area contributed by atoms with Gasteiger partial charge in [0.15, 0.2) is 5.16 Å². The number of rotatable bonds is 7. The number of nitrogens with one attached hydrogen (secondary N) is 1. The van der Waals surface area contributed by atoms with E-state index in [-0.39, 0.29) is 17.7 Å². The van der Waals surface area contributed by atoms with E-state index in [4.69, 9.17) is 9.84 Å². The number of para-hydroxylation sites is 1. The van der Waals surface area contributed by atoms with Crippen molar-refractivity contribution >= 4 is 17.7 Å². The van der Waals surface area contributed by atoms with Gasteiger partial charge in [0.1, 0.15) is 12.4 Å². The molecule has 1 heterocycles. The van der Waals surface area contributed by atoms with E-state index < -0.39 is 5.97 Å². The highest BCUT2D eigenvalue weighted by molar-refractivity contribution is 7.98. The minimum absolute atomic E-state index is 0.190. The number of aromatic amines is 1. The number of thioether (sulfide) groups is 1. The predicted molar refractivity (Wildman–Crippen MR) is 98.6 cm³/mol. The summed E-state index contributed by atoms with van der Waals surface area (Å²) in [6.07, 6.45) is 0. The third kappa shape index (κ3) is 4.97. The lowest BCUT2D eigenvalue weighted by Crippen LogP contribution is -2.11. The van der Waals surface area contributed by atoms with Crippen molar-refractivity contribution < 1.29 is 14.6 Å². The molecule has 0 saturated heterocycles. The van der Waals surface area contributed by atoms with Crippen molar-refractivity contribution in [3.63, 3.8) is 0 Å². The molecule has 0 aliphatic rings. The molecular weight excluding hydrogens is 352 g/mol. The van der Waals surface area contributed by atoms with Crippen molar-refractivity contribution in [2.75, 3.05) is 0 Å². The van der Waals surface area contributed by atoms with Crippen LogP contribution in [0.2, 0.25) is 0 Å². The normalized spacial score (nSPS) is 10.5. The summed E-state index contributed by atoms with van der Waals surface area (Å²) >= 11 is 1.33. The minimum atomic E-state index is -0.969. The number of aromatic carboxylic acids is 1. The van der Waals surface area contributed by atoms with Gasteiger partial charge in [-0.15, -0.1) is 0 Å². The monoisotopic (exact) mass is 368 g/mol. The molecule has 0 atom stereocenters. The number of hydrogen-bond donors (Lipinski definition) is 2. The molecule has 0 radical (unpaired) electrons. The smallest absolute Gasteiger partial charge is 0.335 e. The van der Waals surface area contributed by atoms with Crippen LogP contribution in [0, 0.1) is 0 Å². The summed E-state index contributed by atoms with van der Waals surface area (Å²) in [5.41, 5.74) is 1.34. The largest absolute Gasteiger partial charge is 0.487 e. The van der Waals surface area contributed by atoms with E-state index >= 15 is 0 Å². The molecule has 0 aliphatic heterocycles. The molecule has 6 nitrogen and oxygen atoms in total. The minimum Gasteiger partial charge on any atom is -0.487 e. The molecule has 2 N–H and O–H groups in total. The summed E-state index contributed by atoms with van der Waals surface area (Å²) in [7, 11) is 0. The molecular formula is C19H16N2O4S. The first-order valence-electron chi connectivity index (χ1n) is 7.83. The zero-order valence-corrected chi connectivity index (χ0v) is 14.5. The van der Waals surface area contributed by atoms with Crippen LogP contribution in [0.5, 0.6) is 5.75 Å². The molecule has 0 aliphatic carbocycles. The molecule has 2 aromatic carbocycles. The lowest BCUT2D eigenvalue weighted by atomic mass is 10.1. The summed E-state index contributed by atoms with van der Waals surface area (Å²) in [5.74, 6) is 0.227. The van der Waals surface area contributed by atoms with E-state index in [1.807, 2.05) is 36.4 Å². The first-order chi connectivity index (χ1) is 12.6. The summed E-state index contributed by atoms with van der Waals surface area (Å²) in [4.78, 5) is 29.9. The Morgan fingerprint density at radius 2 is 1.92 bits per heavy atom. The van der Waals surface area contributed by atoms with Crippen molar-refractivity contribution in [3.8, 4) is 5.75 Å². The second-order valence-electron chi connectivity index (χ2n) is 5.44. The van der Waals surface area contributed by atoms with Gasteiger partial charge in [0, 0.05) is 11.8 Å². The van der Waals surface area contributed by atoms with E-state index in [0.717, 1.165) is 5.56 Å². The fourth-order valence-electron chi connectivity index (χ4n) is 2.25. The number of benzene rings is 2. The number of carboxylic acids is 1. The van der Waals surface area contributed by atoms with Crippen molar-refractivity contribution in [1.29, 1.82) is 0 Å². The van der Waals surface area contributed by atoms with E-state index in [1.54, 1.807) is 12.1 Å². The Labute approximate surface area is 153 Å². The van der Waals surface area contributed by atoms with Crippen LogP contribution < -0.4 is 10.3 Å². The van der Waals surface area contributed by atoms with Crippen LogP contribution in [0.1, 0.15) is 21.6 Å². The van der Waals surface area contributed by atoms with Gasteiger partial charge in [-0.25, -0.2) is 9.78 Å². The average Bonchev–Trinajstić information content (AvgIpc) is 2.65. The van der Waals surface area contributed by atoms with E-state index in [1.165, 1.54) is 23.9 Å². The summed E-state index contributed by atoms with van der Waals surface area (Å²) in [5, 5.41) is 9.50. The van der Waals surface area contributed by atoms with Gasteiger partial charge in [-0.05, 0) is 29.8 Å². The third-order valence-electron chi connectivity index (χ3n) is 3.45. The van der Waals surface area contributed by atoms with Gasteiger partial charge in [0.05, 0.1) is 11.3 Å². The first-order valence-corrected chi connectivity index (χ1v) is 8.82. The van der Waals surface area contributed by atoms with Crippen molar-refractivity contribution in [2.24, 2.45) is 0 Å². The Morgan fingerprint density at radius 3 is 2.69 bits per heavy atom. The molecule has 1 aromatic heterocycles. The topological polar surface area (TPSA) is 92.3 Å². The highest BCUT2D eigenvalue weighted by atomic mass is 32.2. The third-order valence-corrected chi connectivity index (χ3v) is 4.40. The Hall–Kier alpha value is -3.06. The second-order valence-corrected chi connectivity index (χ2v) is 6.40. The Kier molecular flexibility index (Phi) is 5.70. The zero-order valence-electron chi connectivity index (χ0n) is 13.7. The van der Waals surface area contributed by atoms with Crippen LogP contribution >= 0.6 is 11.8 Å². The maximum atomic E-state index is 11.8. The van der Waals surface area contributed by atoms with E-state index in [0.29, 0.717) is 22.4 Å². The average molecular weight is 368 g/mol. The lowest BCUT2D eigenvalue weighted by molar-refractivity contribution is 0.0697. The fourth-order valence-corrected chi connectivity index (χ4v) is 3.08. The van der Waals surface area contributed by atoms with Crippen LogP contribution in [-0.4, -0.2) is 21.0 Å². The molecule has 26 heavy (non-hydrogen) atoms. The van der Waals surface area contributed by atoms with Crippen molar-refractivity contribution in [3.05, 3.63) is 87.8 Å². The highest BCUT2D eigenvalue weighted by Gasteiger charge is 2.06. The maximum absolute atomic E-state index is 11.8. The zero-order chi connectivity index (χ0) is 18.4. The van der Waals surface area contributed by atoms with Crippen molar-refractivity contribution in [2.45, 2.75) is 17.5 Å². The molecule has 0 unspecified atom stereocenters. The number of nitrogens with zero attached hydrogens (tertiary/aromatic N) is 1. The molecule has 3 aromatic rings. The Balaban J connectivity index is 1.67. The molecule has 0 fully saturated rings. The summed E-state index contributed by atoms with van der Waals surface area (Å²) in [6.45, 7) is 0.190. The molecule has 0 bridgehead atoms. The molecule has 132 valence electrons. The predicted octanol–water partition coefficient (Wildman–Crippen LogP) is 3.34. The first kappa shape index (κ1) is 17.8. The van der Waals surface area contributed by atoms with E-state index in [9.17, 15) is 9.59 Å². The highest BCUT2D eigenvalue weighted by Crippen LogP contribution is 2.19. The number of carbonyl (C=O) groups is 1. The standard InChI is InChI=1S/C19H16N2O4S/c22-17-10-15(11-25-16-7-2-1-3-8-16)20-19(21-17)26-12-13-5-4-6-14(9-13)18(23)24/h1-10H,11-12H2,(H,23,24)(H,20,21,22). The molecule has 0 saturated carbocycles. The fraction of sp³-hybridized carbons (Fsp3) is 0.105. The number of ether oxygens (including phenoxy) is 1. The van der Waals surface area contributed by atoms with Crippen LogP contribution in [0.25, 0.3) is 0 Å². The molecule has 3 rings (SSSR count). The van der Waals surface area contributed by atoms with Gasteiger partial charge in [0.25, 0.3) is 5.56 Å². The Bertz CT molecular complexity index is 957. The van der Waals surface area contributed by atoms with Gasteiger partial charge in [-0.2, -0.15) is 0 Å². The lowest BCUT2D eigenvalue weighted by Gasteiger charge is -2.07. The summed E-state index contributed by atoms with van der Waals surface area (Å²) < 4.78 is 5.62. The molecule has 0 spiro atoms.